The third kappa shape index (κ3) is 6.86. The summed E-state index contributed by atoms with van der Waals surface area (Å²) in [6, 6.07) is 22.9. The number of thioether (sulfide) groups is 1. The first-order valence-electron chi connectivity index (χ1n) is 16.2. The van der Waals surface area contributed by atoms with Crippen LogP contribution in [0.25, 0.3) is 11.4 Å². The number of fused-ring (bicyclic) bond motifs is 1. The molecule has 1 N–H and O–H groups in total. The maximum absolute atomic E-state index is 14.0. The summed E-state index contributed by atoms with van der Waals surface area (Å²) in [4.78, 5) is 34.0. The number of hydrogen-bond acceptors (Lipinski definition) is 10. The lowest BCUT2D eigenvalue weighted by molar-refractivity contribution is -0.132. The molecule has 1 atom stereocenters. The second-order valence-corrected chi connectivity index (χ2v) is 14.9. The number of imidazole rings is 1. The van der Waals surface area contributed by atoms with Gasteiger partial charge in [-0.2, -0.15) is 0 Å². The average molecular weight is 773 g/mol. The number of ether oxygens (including phenoxy) is 2. The predicted octanol–water partition coefficient (Wildman–Crippen LogP) is 9.01. The number of carbonyl (C=O) groups is 2. The molecule has 3 aromatic carbocycles. The summed E-state index contributed by atoms with van der Waals surface area (Å²) in [7, 11) is 0. The van der Waals surface area contributed by atoms with Crippen LogP contribution in [0.2, 0.25) is 10.0 Å². The molecule has 0 radical (unpaired) electrons. The molecule has 7 rings (SSSR count). The van der Waals surface area contributed by atoms with Gasteiger partial charge in [-0.1, -0.05) is 94.8 Å². The molecule has 14 heteroatoms. The highest BCUT2D eigenvalue weighted by molar-refractivity contribution is 8.00. The number of halogens is 2. The van der Waals surface area contributed by atoms with Crippen LogP contribution in [0.15, 0.2) is 95.0 Å². The molecule has 0 saturated carbocycles. The van der Waals surface area contributed by atoms with Gasteiger partial charge in [0.05, 0.1) is 23.9 Å². The summed E-state index contributed by atoms with van der Waals surface area (Å²) >= 11 is 15.0. The Morgan fingerprint density at radius 3 is 2.52 bits per heavy atom. The van der Waals surface area contributed by atoms with Crippen LogP contribution in [0.5, 0.6) is 11.5 Å². The SMILES string of the molecule is CCOc1cc(C2C(=C(O)c3nc4c(C)cccn4c3C)C(=O)C(=O)N2c2nnc(SCc3ccc(Cl)cc3Cl)s2)ccc1OCc1ccccc1. The van der Waals surface area contributed by atoms with Crippen molar-refractivity contribution in [2.75, 3.05) is 11.5 Å². The van der Waals surface area contributed by atoms with E-state index in [-0.39, 0.29) is 16.4 Å². The van der Waals surface area contributed by atoms with Gasteiger partial charge in [-0.3, -0.25) is 14.5 Å². The van der Waals surface area contributed by atoms with Crippen LogP contribution in [0, 0.1) is 13.8 Å². The van der Waals surface area contributed by atoms with E-state index in [1.165, 1.54) is 16.7 Å². The Morgan fingerprint density at radius 1 is 0.962 bits per heavy atom. The Balaban J connectivity index is 1.31. The van der Waals surface area contributed by atoms with Crippen molar-refractivity contribution in [3.8, 4) is 11.5 Å². The highest BCUT2D eigenvalue weighted by Gasteiger charge is 2.49. The lowest BCUT2D eigenvalue weighted by Gasteiger charge is -2.23. The molecule has 4 heterocycles. The quantitative estimate of drug-likeness (QED) is 0.0453. The van der Waals surface area contributed by atoms with Crippen molar-refractivity contribution >= 4 is 74.5 Å². The lowest BCUT2D eigenvalue weighted by atomic mass is 9.96. The third-order valence-corrected chi connectivity index (χ3v) is 11.2. The van der Waals surface area contributed by atoms with Crippen LogP contribution in [0.4, 0.5) is 5.13 Å². The van der Waals surface area contributed by atoms with Gasteiger partial charge in [-0.25, -0.2) is 4.98 Å². The minimum atomic E-state index is -1.09. The van der Waals surface area contributed by atoms with Crippen molar-refractivity contribution in [1.82, 2.24) is 19.6 Å². The number of carbonyl (C=O) groups excluding carboxylic acids is 2. The van der Waals surface area contributed by atoms with Gasteiger partial charge in [-0.05, 0) is 73.4 Å². The molecular formula is C38H31Cl2N5O5S2. The van der Waals surface area contributed by atoms with Gasteiger partial charge >= 0.3 is 5.91 Å². The highest BCUT2D eigenvalue weighted by Crippen LogP contribution is 2.46. The zero-order chi connectivity index (χ0) is 36.5. The van der Waals surface area contributed by atoms with Crippen LogP contribution in [0.1, 0.15) is 46.6 Å². The molecule has 1 unspecified atom stereocenters. The Bertz CT molecular complexity index is 2360. The lowest BCUT2D eigenvalue weighted by Crippen LogP contribution is -2.29. The van der Waals surface area contributed by atoms with Crippen molar-refractivity contribution in [3.05, 3.63) is 134 Å². The molecule has 0 spiro atoms. The minimum Gasteiger partial charge on any atom is -0.505 e. The number of aliphatic hydroxyl groups excluding tert-OH is 1. The Hall–Kier alpha value is -4.88. The fourth-order valence-corrected chi connectivity index (χ4v) is 8.40. The zero-order valence-electron chi connectivity index (χ0n) is 28.2. The van der Waals surface area contributed by atoms with Gasteiger partial charge in [0, 0.05) is 22.0 Å². The predicted molar refractivity (Wildman–Crippen MR) is 204 cm³/mol. The van der Waals surface area contributed by atoms with E-state index in [9.17, 15) is 14.7 Å². The van der Waals surface area contributed by atoms with Crippen LogP contribution in [-0.4, -0.2) is 43.0 Å². The van der Waals surface area contributed by atoms with E-state index in [1.54, 1.807) is 37.3 Å². The first-order chi connectivity index (χ1) is 25.1. The molecule has 3 aromatic heterocycles. The number of nitrogens with zero attached hydrogens (tertiary/aromatic N) is 5. The van der Waals surface area contributed by atoms with Crippen molar-refractivity contribution in [3.63, 3.8) is 0 Å². The molecule has 10 nitrogen and oxygen atoms in total. The number of benzene rings is 3. The third-order valence-electron chi connectivity index (χ3n) is 8.54. The van der Waals surface area contributed by atoms with Crippen LogP contribution in [-0.2, 0) is 21.9 Å². The molecule has 1 aliphatic heterocycles. The van der Waals surface area contributed by atoms with Crippen LogP contribution < -0.4 is 14.4 Å². The molecule has 6 aromatic rings. The van der Waals surface area contributed by atoms with Gasteiger partial charge in [0.15, 0.2) is 21.6 Å². The molecular weight excluding hydrogens is 741 g/mol. The van der Waals surface area contributed by atoms with Crippen molar-refractivity contribution < 1.29 is 24.2 Å². The first-order valence-corrected chi connectivity index (χ1v) is 18.8. The smallest absolute Gasteiger partial charge is 0.301 e. The Kier molecular flexibility index (Phi) is 10.2. The minimum absolute atomic E-state index is 0.132. The van der Waals surface area contributed by atoms with Crippen molar-refractivity contribution in [1.29, 1.82) is 0 Å². The van der Waals surface area contributed by atoms with Gasteiger partial charge in [0.25, 0.3) is 5.78 Å². The van der Waals surface area contributed by atoms with E-state index >= 15 is 0 Å². The van der Waals surface area contributed by atoms with E-state index in [0.717, 1.165) is 28.0 Å². The summed E-state index contributed by atoms with van der Waals surface area (Å²) in [5.74, 6) is -0.773. The maximum Gasteiger partial charge on any atom is 0.301 e. The van der Waals surface area contributed by atoms with E-state index in [4.69, 9.17) is 37.7 Å². The fraction of sp³-hybridized carbons (Fsp3) is 0.184. The van der Waals surface area contributed by atoms with E-state index < -0.39 is 23.5 Å². The number of hydrogen-bond donors (Lipinski definition) is 1. The fourth-order valence-electron chi connectivity index (χ4n) is 5.97. The topological polar surface area (TPSA) is 119 Å². The van der Waals surface area contributed by atoms with Crippen LogP contribution >= 0.6 is 46.3 Å². The molecule has 0 aliphatic carbocycles. The number of anilines is 1. The Labute approximate surface area is 317 Å². The number of amides is 1. The number of ketones is 1. The standard InChI is InChI=1S/C38H31Cl2N5O5S2/c1-4-49-29-17-24(13-15-28(29)50-19-23-10-6-5-7-11-23)32-30(33(46)31-22(3)44-16-8-9-21(2)35(44)41-31)34(47)36(48)45(32)37-42-43-38(52-37)51-20-25-12-14-26(39)18-27(25)40/h5-18,32,46H,4,19-20H2,1-3H3. The number of rotatable bonds is 11. The summed E-state index contributed by atoms with van der Waals surface area (Å²) in [5, 5.41) is 21.9. The summed E-state index contributed by atoms with van der Waals surface area (Å²) < 4.78 is 14.5. The largest absolute Gasteiger partial charge is 0.505 e. The molecule has 1 saturated heterocycles. The second kappa shape index (κ2) is 15.0. The van der Waals surface area contributed by atoms with E-state index in [2.05, 4.69) is 10.2 Å². The number of aliphatic hydroxyl groups is 1. The number of aryl methyl sites for hydroxylation is 2. The first kappa shape index (κ1) is 35.5. The normalized spacial score (nSPS) is 15.5. The van der Waals surface area contributed by atoms with Crippen molar-refractivity contribution in [2.24, 2.45) is 0 Å². The summed E-state index contributed by atoms with van der Waals surface area (Å²) in [6.07, 6.45) is 1.83. The van der Waals surface area contributed by atoms with Gasteiger partial charge in [0.1, 0.15) is 17.9 Å². The Morgan fingerprint density at radius 2 is 1.77 bits per heavy atom. The summed E-state index contributed by atoms with van der Waals surface area (Å²) in [5.41, 5.74) is 4.49. The maximum atomic E-state index is 14.0. The highest BCUT2D eigenvalue weighted by atomic mass is 35.5. The molecule has 0 bridgehead atoms. The zero-order valence-corrected chi connectivity index (χ0v) is 31.3. The molecule has 1 amide bonds. The van der Waals surface area contributed by atoms with Gasteiger partial charge in [0.2, 0.25) is 5.13 Å². The van der Waals surface area contributed by atoms with E-state index in [0.29, 0.717) is 61.8 Å². The molecule has 1 aliphatic rings. The van der Waals surface area contributed by atoms with Crippen molar-refractivity contribution in [2.45, 2.75) is 43.5 Å². The molecule has 264 valence electrons. The monoisotopic (exact) mass is 771 g/mol. The van der Waals surface area contributed by atoms with Crippen LogP contribution in [0.3, 0.4) is 0 Å². The van der Waals surface area contributed by atoms with Gasteiger partial charge < -0.3 is 19.0 Å². The van der Waals surface area contributed by atoms with E-state index in [1.807, 2.05) is 73.0 Å². The number of Topliss-reactive ketones (excluding diaryl/α,β-unsaturated/α-hetero) is 1. The number of aromatic nitrogens is 4. The molecule has 1 fully saturated rings. The van der Waals surface area contributed by atoms with Gasteiger partial charge in [-0.15, -0.1) is 10.2 Å². The average Bonchev–Trinajstić information content (AvgIpc) is 3.82. The second-order valence-electron chi connectivity index (χ2n) is 11.9. The number of pyridine rings is 1. The molecule has 52 heavy (non-hydrogen) atoms. The summed E-state index contributed by atoms with van der Waals surface area (Å²) in [6.45, 7) is 6.20.